The van der Waals surface area contributed by atoms with Crippen LogP contribution >= 0.6 is 0 Å². The molecule has 2 aromatic carbocycles. The van der Waals surface area contributed by atoms with Crippen molar-refractivity contribution in [3.05, 3.63) is 83.6 Å². The third-order valence-electron chi connectivity index (χ3n) is 8.38. The van der Waals surface area contributed by atoms with E-state index in [-0.39, 0.29) is 9.79 Å². The summed E-state index contributed by atoms with van der Waals surface area (Å²) in [5.74, 6) is 0. The predicted octanol–water partition coefficient (Wildman–Crippen LogP) is 6.56. The summed E-state index contributed by atoms with van der Waals surface area (Å²) in [6, 6.07) is 9.50. The molecule has 10 heteroatoms. The van der Waals surface area contributed by atoms with E-state index in [1.807, 2.05) is 45.9 Å². The average Bonchev–Trinajstić information content (AvgIpc) is 3.25. The van der Waals surface area contributed by atoms with Crippen LogP contribution in [0.1, 0.15) is 71.9 Å². The number of benzene rings is 2. The molecule has 42 heavy (non-hydrogen) atoms. The Kier molecular flexibility index (Phi) is 8.77. The maximum Gasteiger partial charge on any atom is 0.294 e. The zero-order chi connectivity index (χ0) is 31.1. The van der Waals surface area contributed by atoms with Gasteiger partial charge in [-0.15, -0.1) is 0 Å². The van der Waals surface area contributed by atoms with E-state index in [1.165, 1.54) is 12.1 Å². The zero-order valence-corrected chi connectivity index (χ0v) is 26.8. The maximum atomic E-state index is 11.9. The number of rotatable bonds is 10. The fraction of sp³-hybridized carbons (Fsp3) is 0.406. The fourth-order valence-electron chi connectivity index (χ4n) is 6.14. The molecule has 2 heterocycles. The van der Waals surface area contributed by atoms with Gasteiger partial charge in [-0.05, 0) is 82.5 Å². The summed E-state index contributed by atoms with van der Waals surface area (Å²) >= 11 is 0. The van der Waals surface area contributed by atoms with Crippen molar-refractivity contribution < 1.29 is 30.5 Å². The van der Waals surface area contributed by atoms with E-state index in [4.69, 9.17) is 0 Å². The monoisotopic (exact) mass is 613 g/mol. The number of likely N-dealkylation sites (N-methyl/N-ethyl adjacent to an activating group) is 1. The summed E-state index contributed by atoms with van der Waals surface area (Å²) < 4.78 is 69.1. The highest BCUT2D eigenvalue weighted by Gasteiger charge is 2.45. The molecule has 0 aromatic heterocycles. The molecule has 2 aliphatic rings. The quantitative estimate of drug-likeness (QED) is 0.135. The normalized spacial score (nSPS) is 19.0. The van der Waals surface area contributed by atoms with Gasteiger partial charge in [-0.3, -0.25) is 9.11 Å². The molecule has 2 aromatic rings. The Morgan fingerprint density at radius 3 is 2.10 bits per heavy atom. The number of hydrogen-bond donors (Lipinski definition) is 2. The lowest BCUT2D eigenvalue weighted by molar-refractivity contribution is -0.438. The van der Waals surface area contributed by atoms with Gasteiger partial charge >= 0.3 is 0 Å². The highest BCUT2D eigenvalue weighted by molar-refractivity contribution is 7.86. The highest BCUT2D eigenvalue weighted by atomic mass is 32.2. The van der Waals surface area contributed by atoms with Crippen molar-refractivity contribution in [2.45, 2.75) is 81.4 Å². The third kappa shape index (κ3) is 5.90. The molecular weight excluding hydrogens is 572 g/mol. The second kappa shape index (κ2) is 11.6. The van der Waals surface area contributed by atoms with Gasteiger partial charge in [-0.25, -0.2) is 0 Å². The average molecular weight is 614 g/mol. The summed E-state index contributed by atoms with van der Waals surface area (Å²) in [6.07, 6.45) is 13.2. The van der Waals surface area contributed by atoms with Gasteiger partial charge in [0.05, 0.1) is 15.2 Å². The Hall–Kier alpha value is -3.05. The Morgan fingerprint density at radius 2 is 1.50 bits per heavy atom. The van der Waals surface area contributed by atoms with E-state index in [9.17, 15) is 25.9 Å². The first-order valence-corrected chi connectivity index (χ1v) is 17.1. The van der Waals surface area contributed by atoms with Gasteiger partial charge in [-0.1, -0.05) is 32.1 Å². The number of hydrogen-bond acceptors (Lipinski definition) is 5. The molecule has 0 unspecified atom stereocenters. The Labute approximate surface area is 250 Å². The molecule has 0 amide bonds. The van der Waals surface area contributed by atoms with Crippen LogP contribution in [-0.2, 0) is 31.1 Å². The lowest BCUT2D eigenvalue weighted by atomic mass is 9.81. The van der Waals surface area contributed by atoms with E-state index in [2.05, 4.69) is 35.5 Å². The molecule has 2 N–H and O–H groups in total. The predicted molar refractivity (Wildman–Crippen MR) is 167 cm³/mol. The number of nitrogens with zero attached hydrogens (tertiary/aromatic N) is 2. The third-order valence-corrected chi connectivity index (χ3v) is 10.1. The molecule has 4 rings (SSSR count). The molecule has 0 radical (unpaired) electrons. The second-order valence-electron chi connectivity index (χ2n) is 11.8. The van der Waals surface area contributed by atoms with Gasteiger partial charge in [0, 0.05) is 47.5 Å². The number of fused-ring (bicyclic) bond motifs is 2. The standard InChI is InChI=1S/C32H40N2O6S2/c1-7-9-10-11-12-20-34-28-19-17-24(42(38,39)40)22-26(28)32(5,6)30(34)15-13-14-29-31(3,4)25-21-23(41(35,36)37)16-18-27(25)33(29)8-2/h7,9,13-19,21-22H,8,10-12,20H2,1-6H3,(H-,35,36,37,38,39,40)/p+1/b9-7-. The van der Waals surface area contributed by atoms with Crippen molar-refractivity contribution in [2.75, 3.05) is 18.0 Å². The SMILES string of the molecule is C/C=C\CCCC[N+]1=C(/C=C/C=C2/N(CC)c3ccc(S(=O)(=O)O)cc3C2(C)C)C(C)(C)c2cc(S(=O)(=O)O)ccc21. The molecule has 0 aliphatic carbocycles. The van der Waals surface area contributed by atoms with Crippen molar-refractivity contribution in [1.82, 2.24) is 0 Å². The van der Waals surface area contributed by atoms with E-state index in [0.29, 0.717) is 6.54 Å². The van der Waals surface area contributed by atoms with Crippen molar-refractivity contribution in [3.8, 4) is 0 Å². The van der Waals surface area contributed by atoms with Gasteiger partial charge in [0.2, 0.25) is 5.69 Å². The molecule has 0 bridgehead atoms. The molecule has 0 saturated heterocycles. The summed E-state index contributed by atoms with van der Waals surface area (Å²) in [5.41, 5.74) is 4.43. The van der Waals surface area contributed by atoms with Crippen LogP contribution in [0.25, 0.3) is 0 Å². The van der Waals surface area contributed by atoms with Gasteiger partial charge < -0.3 is 4.90 Å². The lowest BCUT2D eigenvalue weighted by Gasteiger charge is -2.25. The van der Waals surface area contributed by atoms with Crippen molar-refractivity contribution in [2.24, 2.45) is 0 Å². The fourth-order valence-corrected chi connectivity index (χ4v) is 7.15. The van der Waals surface area contributed by atoms with Crippen LogP contribution in [0, 0.1) is 0 Å². The Morgan fingerprint density at radius 1 is 0.881 bits per heavy atom. The molecular formula is C32H41N2O6S2+. The van der Waals surface area contributed by atoms with Crippen LogP contribution < -0.4 is 4.90 Å². The van der Waals surface area contributed by atoms with E-state index < -0.39 is 31.1 Å². The summed E-state index contributed by atoms with van der Waals surface area (Å²) in [4.78, 5) is 1.89. The van der Waals surface area contributed by atoms with E-state index in [0.717, 1.165) is 59.7 Å². The topological polar surface area (TPSA) is 115 Å². The molecule has 2 aliphatic heterocycles. The van der Waals surface area contributed by atoms with Crippen molar-refractivity contribution in [3.63, 3.8) is 0 Å². The molecule has 0 atom stereocenters. The first kappa shape index (κ1) is 31.9. The lowest BCUT2D eigenvalue weighted by Crippen LogP contribution is -2.28. The van der Waals surface area contributed by atoms with E-state index >= 15 is 0 Å². The van der Waals surface area contributed by atoms with Crippen molar-refractivity contribution >= 4 is 37.3 Å². The first-order chi connectivity index (χ1) is 19.5. The first-order valence-electron chi connectivity index (χ1n) is 14.2. The molecule has 0 saturated carbocycles. The maximum absolute atomic E-state index is 11.9. The molecule has 0 fully saturated rings. The summed E-state index contributed by atoms with van der Waals surface area (Å²) in [5, 5.41) is 0. The minimum Gasteiger partial charge on any atom is -0.344 e. The van der Waals surface area contributed by atoms with Crippen molar-refractivity contribution in [1.29, 1.82) is 0 Å². The van der Waals surface area contributed by atoms with Crippen LogP contribution in [0.4, 0.5) is 11.4 Å². The largest absolute Gasteiger partial charge is 0.344 e. The van der Waals surface area contributed by atoms with Crippen LogP contribution in [0.3, 0.4) is 0 Å². The number of allylic oxidation sites excluding steroid dienone is 6. The van der Waals surface area contributed by atoms with Gasteiger partial charge in [0.1, 0.15) is 6.54 Å². The molecule has 8 nitrogen and oxygen atoms in total. The van der Waals surface area contributed by atoms with Crippen LogP contribution in [0.2, 0.25) is 0 Å². The van der Waals surface area contributed by atoms with E-state index in [1.54, 1.807) is 24.3 Å². The Balaban J connectivity index is 1.77. The Bertz CT molecular complexity index is 1730. The van der Waals surface area contributed by atoms with Crippen LogP contribution in [0.5, 0.6) is 0 Å². The summed E-state index contributed by atoms with van der Waals surface area (Å²) in [7, 11) is -8.68. The smallest absolute Gasteiger partial charge is 0.294 e. The van der Waals surface area contributed by atoms with Gasteiger partial charge in [0.25, 0.3) is 20.2 Å². The van der Waals surface area contributed by atoms with Gasteiger partial charge in [0.15, 0.2) is 5.71 Å². The molecule has 0 spiro atoms. The zero-order valence-electron chi connectivity index (χ0n) is 25.1. The minimum atomic E-state index is -4.35. The van der Waals surface area contributed by atoms with Gasteiger partial charge in [-0.2, -0.15) is 21.4 Å². The number of unbranched alkanes of at least 4 members (excludes halogenated alkanes) is 2. The van der Waals surface area contributed by atoms with Crippen LogP contribution in [0.15, 0.2) is 82.3 Å². The van der Waals surface area contributed by atoms with Crippen LogP contribution in [-0.4, -0.2) is 49.3 Å². The second-order valence-corrected chi connectivity index (χ2v) is 14.7. The minimum absolute atomic E-state index is 0.122. The molecule has 226 valence electrons. The highest BCUT2D eigenvalue weighted by Crippen LogP contribution is 2.48. The summed E-state index contributed by atoms with van der Waals surface area (Å²) in [6.45, 7) is 13.6. The number of anilines is 1.